The molecule has 1 N–H and O–H groups in total. The van der Waals surface area contributed by atoms with Crippen molar-refractivity contribution in [1.82, 2.24) is 0 Å². The van der Waals surface area contributed by atoms with Crippen molar-refractivity contribution in [2.24, 2.45) is 0 Å². The molecule has 4 heteroatoms. The van der Waals surface area contributed by atoms with Gasteiger partial charge in [-0.25, -0.2) is 0 Å². The number of aliphatic hydroxyl groups is 1. The molecule has 0 radical (unpaired) electrons. The van der Waals surface area contributed by atoms with E-state index in [1.54, 1.807) is 6.92 Å². The Kier molecular flexibility index (Phi) is 5.67. The monoisotopic (exact) mass is 328 g/mol. The Morgan fingerprint density at radius 3 is 3.05 bits per heavy atom. The predicted octanol–water partition coefficient (Wildman–Crippen LogP) is 3.84. The molecule has 1 aliphatic rings. The molecular formula is C15H21BrO3. The van der Waals surface area contributed by atoms with Crippen LogP contribution in [0.5, 0.6) is 5.75 Å². The van der Waals surface area contributed by atoms with E-state index in [9.17, 15) is 5.11 Å². The minimum Gasteiger partial charge on any atom is -0.493 e. The maximum atomic E-state index is 9.74. The number of hydrogen-bond acceptors (Lipinski definition) is 3. The fourth-order valence-electron chi connectivity index (χ4n) is 2.34. The van der Waals surface area contributed by atoms with Gasteiger partial charge in [-0.15, -0.1) is 0 Å². The van der Waals surface area contributed by atoms with Crippen LogP contribution in [0.25, 0.3) is 0 Å². The van der Waals surface area contributed by atoms with E-state index < -0.39 is 6.10 Å². The van der Waals surface area contributed by atoms with Gasteiger partial charge in [-0.05, 0) is 50.8 Å². The van der Waals surface area contributed by atoms with Crippen LogP contribution in [-0.4, -0.2) is 24.4 Å². The highest BCUT2D eigenvalue weighted by Crippen LogP contribution is 2.28. The third-order valence-electron chi connectivity index (χ3n) is 3.37. The molecular weight excluding hydrogens is 308 g/mol. The second-order valence-corrected chi connectivity index (χ2v) is 5.90. The Hall–Kier alpha value is -0.580. The van der Waals surface area contributed by atoms with Crippen molar-refractivity contribution < 1.29 is 14.6 Å². The van der Waals surface area contributed by atoms with Crippen molar-refractivity contribution in [1.29, 1.82) is 0 Å². The minimum atomic E-state index is -0.523. The largest absolute Gasteiger partial charge is 0.493 e. The fourth-order valence-corrected chi connectivity index (χ4v) is 2.72. The van der Waals surface area contributed by atoms with Crippen LogP contribution in [0.3, 0.4) is 0 Å². The lowest BCUT2D eigenvalue weighted by Gasteiger charge is -2.14. The second-order valence-electron chi connectivity index (χ2n) is 4.98. The molecule has 0 bridgehead atoms. The first-order chi connectivity index (χ1) is 9.16. The Bertz CT molecular complexity index is 400. The lowest BCUT2D eigenvalue weighted by molar-refractivity contribution is 0.0978. The van der Waals surface area contributed by atoms with Crippen LogP contribution in [0.15, 0.2) is 22.7 Å². The lowest BCUT2D eigenvalue weighted by Crippen LogP contribution is -2.08. The third kappa shape index (κ3) is 4.48. The van der Waals surface area contributed by atoms with Crippen molar-refractivity contribution in [3.05, 3.63) is 28.2 Å². The van der Waals surface area contributed by atoms with Gasteiger partial charge >= 0.3 is 0 Å². The molecule has 1 aliphatic heterocycles. The van der Waals surface area contributed by atoms with Crippen molar-refractivity contribution in [3.63, 3.8) is 0 Å². The van der Waals surface area contributed by atoms with Crippen LogP contribution >= 0.6 is 15.9 Å². The van der Waals surface area contributed by atoms with Gasteiger partial charge in [0.05, 0.1) is 18.8 Å². The molecule has 0 aromatic heterocycles. The Labute approximate surface area is 123 Å². The smallest absolute Gasteiger partial charge is 0.125 e. The normalized spacial score (nSPS) is 20.5. The molecule has 0 aliphatic carbocycles. The van der Waals surface area contributed by atoms with Gasteiger partial charge in [0, 0.05) is 16.6 Å². The number of aliphatic hydroxyl groups excluding tert-OH is 1. The summed E-state index contributed by atoms with van der Waals surface area (Å²) >= 11 is 3.41. The summed E-state index contributed by atoms with van der Waals surface area (Å²) in [4.78, 5) is 0. The average Bonchev–Trinajstić information content (AvgIpc) is 2.89. The first kappa shape index (κ1) is 14.8. The third-order valence-corrected chi connectivity index (χ3v) is 3.87. The van der Waals surface area contributed by atoms with E-state index in [1.807, 2.05) is 18.2 Å². The molecule has 1 aromatic rings. The van der Waals surface area contributed by atoms with E-state index in [-0.39, 0.29) is 0 Å². The van der Waals surface area contributed by atoms with Crippen molar-refractivity contribution >= 4 is 15.9 Å². The van der Waals surface area contributed by atoms with Crippen molar-refractivity contribution in [3.8, 4) is 5.75 Å². The predicted molar refractivity (Wildman–Crippen MR) is 78.5 cm³/mol. The van der Waals surface area contributed by atoms with E-state index in [0.29, 0.717) is 12.7 Å². The highest BCUT2D eigenvalue weighted by Gasteiger charge is 2.15. The molecule has 2 atom stereocenters. The topological polar surface area (TPSA) is 38.7 Å². The van der Waals surface area contributed by atoms with Gasteiger partial charge in [0.15, 0.2) is 0 Å². The fraction of sp³-hybridized carbons (Fsp3) is 0.600. The molecule has 19 heavy (non-hydrogen) atoms. The van der Waals surface area contributed by atoms with Gasteiger partial charge in [0.25, 0.3) is 0 Å². The van der Waals surface area contributed by atoms with Crippen LogP contribution in [0.2, 0.25) is 0 Å². The summed E-state index contributed by atoms with van der Waals surface area (Å²) in [6.45, 7) is 3.33. The van der Waals surface area contributed by atoms with Crippen LogP contribution in [0.1, 0.15) is 44.3 Å². The van der Waals surface area contributed by atoms with E-state index >= 15 is 0 Å². The number of rotatable bonds is 6. The number of benzene rings is 1. The summed E-state index contributed by atoms with van der Waals surface area (Å²) in [6, 6.07) is 5.74. The van der Waals surface area contributed by atoms with E-state index in [0.717, 1.165) is 35.2 Å². The summed E-state index contributed by atoms with van der Waals surface area (Å²) < 4.78 is 12.3. The quantitative estimate of drug-likeness (QED) is 0.806. The first-order valence-corrected chi connectivity index (χ1v) is 7.68. The highest BCUT2D eigenvalue weighted by atomic mass is 79.9. The van der Waals surface area contributed by atoms with Crippen LogP contribution < -0.4 is 4.74 Å². The van der Waals surface area contributed by atoms with Crippen LogP contribution in [0.4, 0.5) is 0 Å². The van der Waals surface area contributed by atoms with Gasteiger partial charge in [0.1, 0.15) is 5.75 Å². The maximum absolute atomic E-state index is 9.74. The Balaban J connectivity index is 1.81. The zero-order valence-corrected chi connectivity index (χ0v) is 12.9. The van der Waals surface area contributed by atoms with Crippen molar-refractivity contribution in [2.75, 3.05) is 13.2 Å². The van der Waals surface area contributed by atoms with Gasteiger partial charge in [-0.1, -0.05) is 15.9 Å². The number of ether oxygens (including phenoxy) is 2. The minimum absolute atomic E-state index is 0.421. The summed E-state index contributed by atoms with van der Waals surface area (Å²) in [7, 11) is 0. The van der Waals surface area contributed by atoms with Crippen LogP contribution in [0, 0.1) is 0 Å². The molecule has 1 heterocycles. The summed E-state index contributed by atoms with van der Waals surface area (Å²) in [5.41, 5.74) is 0.825. The SMILES string of the molecule is C[C@@H](O)c1cc(Br)ccc1OCCCC1CCCO1. The first-order valence-electron chi connectivity index (χ1n) is 6.88. The van der Waals surface area contributed by atoms with Gasteiger partial charge in [0.2, 0.25) is 0 Å². The number of halogens is 1. The molecule has 1 fully saturated rings. The lowest BCUT2D eigenvalue weighted by atomic mass is 10.1. The Morgan fingerprint density at radius 2 is 2.37 bits per heavy atom. The van der Waals surface area contributed by atoms with Gasteiger partial charge in [-0.2, -0.15) is 0 Å². The highest BCUT2D eigenvalue weighted by molar-refractivity contribution is 9.10. The summed E-state index contributed by atoms with van der Waals surface area (Å²) in [5.74, 6) is 0.769. The van der Waals surface area contributed by atoms with Crippen LogP contribution in [-0.2, 0) is 4.74 Å². The standard InChI is InChI=1S/C15H21BrO3/c1-11(17)14-10-12(16)6-7-15(14)19-9-3-5-13-4-2-8-18-13/h6-7,10-11,13,17H,2-5,8-9H2,1H3/t11-,13?/m1/s1. The van der Waals surface area contributed by atoms with Gasteiger partial charge < -0.3 is 14.6 Å². The molecule has 1 unspecified atom stereocenters. The average molecular weight is 329 g/mol. The maximum Gasteiger partial charge on any atom is 0.125 e. The zero-order chi connectivity index (χ0) is 13.7. The summed E-state index contributed by atoms with van der Waals surface area (Å²) in [6.07, 6.45) is 4.30. The Morgan fingerprint density at radius 1 is 1.53 bits per heavy atom. The van der Waals surface area contributed by atoms with Gasteiger partial charge in [-0.3, -0.25) is 0 Å². The molecule has 3 nitrogen and oxygen atoms in total. The molecule has 2 rings (SSSR count). The van der Waals surface area contributed by atoms with E-state index in [2.05, 4.69) is 15.9 Å². The number of hydrogen-bond donors (Lipinski definition) is 1. The molecule has 1 saturated heterocycles. The molecule has 1 aromatic carbocycles. The summed E-state index contributed by atoms with van der Waals surface area (Å²) in [5, 5.41) is 9.74. The van der Waals surface area contributed by atoms with E-state index in [1.165, 1.54) is 12.8 Å². The molecule has 0 spiro atoms. The van der Waals surface area contributed by atoms with Crippen molar-refractivity contribution in [2.45, 2.75) is 44.8 Å². The molecule has 0 amide bonds. The molecule has 106 valence electrons. The van der Waals surface area contributed by atoms with E-state index in [4.69, 9.17) is 9.47 Å². The second kappa shape index (κ2) is 7.27. The molecule has 0 saturated carbocycles. The zero-order valence-electron chi connectivity index (χ0n) is 11.3.